The van der Waals surface area contributed by atoms with Crippen LogP contribution < -0.4 is 10.6 Å². The molecule has 0 aromatic heterocycles. The van der Waals surface area contributed by atoms with Crippen molar-refractivity contribution in [2.75, 3.05) is 23.7 Å². The van der Waals surface area contributed by atoms with Crippen LogP contribution in [0.15, 0.2) is 53.4 Å². The van der Waals surface area contributed by atoms with Gasteiger partial charge in [-0.2, -0.15) is 4.31 Å². The van der Waals surface area contributed by atoms with Gasteiger partial charge in [0.05, 0.1) is 4.90 Å². The van der Waals surface area contributed by atoms with Crippen molar-refractivity contribution in [2.45, 2.75) is 44.0 Å². The highest BCUT2D eigenvalue weighted by Crippen LogP contribution is 2.23. The van der Waals surface area contributed by atoms with E-state index in [-0.39, 0.29) is 16.6 Å². The van der Waals surface area contributed by atoms with Gasteiger partial charge in [-0.15, -0.1) is 0 Å². The van der Waals surface area contributed by atoms with E-state index in [1.54, 1.807) is 49.4 Å². The van der Waals surface area contributed by atoms with Gasteiger partial charge in [-0.3, -0.25) is 9.59 Å². The molecule has 0 spiro atoms. The molecule has 2 N–H and O–H groups in total. The van der Waals surface area contributed by atoms with Gasteiger partial charge in [0.2, 0.25) is 15.9 Å². The summed E-state index contributed by atoms with van der Waals surface area (Å²) in [6.07, 6.45) is 2.77. The number of ketones is 1. The molecule has 1 amide bonds. The third-order valence-corrected chi connectivity index (χ3v) is 6.99. The molecule has 2 aromatic carbocycles. The average molecular weight is 430 g/mol. The first-order chi connectivity index (χ1) is 14.3. The van der Waals surface area contributed by atoms with Crippen molar-refractivity contribution in [3.05, 3.63) is 54.1 Å². The molecule has 0 aliphatic carbocycles. The molecule has 1 aliphatic heterocycles. The van der Waals surface area contributed by atoms with Gasteiger partial charge in [-0.1, -0.05) is 24.6 Å². The van der Waals surface area contributed by atoms with Crippen LogP contribution in [-0.2, 0) is 14.8 Å². The minimum atomic E-state index is -3.57. The van der Waals surface area contributed by atoms with Gasteiger partial charge in [-0.25, -0.2) is 8.42 Å². The Hall–Kier alpha value is -2.71. The number of piperidine rings is 1. The maximum atomic E-state index is 12.9. The molecule has 1 unspecified atom stereocenters. The normalized spacial score (nSPS) is 15.9. The highest BCUT2D eigenvalue weighted by Gasteiger charge is 2.26. The van der Waals surface area contributed by atoms with Crippen LogP contribution in [0.5, 0.6) is 0 Å². The number of nitrogens with zero attached hydrogens (tertiary/aromatic N) is 1. The van der Waals surface area contributed by atoms with E-state index in [2.05, 4.69) is 10.6 Å². The van der Waals surface area contributed by atoms with Gasteiger partial charge in [0.25, 0.3) is 0 Å². The fourth-order valence-corrected chi connectivity index (χ4v) is 4.95. The number of carbonyl (C=O) groups is 2. The number of amides is 1. The molecule has 1 saturated heterocycles. The Bertz CT molecular complexity index is 1030. The summed E-state index contributed by atoms with van der Waals surface area (Å²) in [6.45, 7) is 4.24. The summed E-state index contributed by atoms with van der Waals surface area (Å²) < 4.78 is 27.2. The molecule has 30 heavy (non-hydrogen) atoms. The summed E-state index contributed by atoms with van der Waals surface area (Å²) in [4.78, 5) is 24.3. The Kier molecular flexibility index (Phi) is 6.89. The number of hydrogen-bond acceptors (Lipinski definition) is 5. The molecule has 8 heteroatoms. The molecule has 1 aliphatic rings. The first kappa shape index (κ1) is 22.0. The maximum Gasteiger partial charge on any atom is 0.246 e. The smallest absolute Gasteiger partial charge is 0.246 e. The Labute approximate surface area is 177 Å². The minimum absolute atomic E-state index is 0.0533. The molecule has 7 nitrogen and oxygen atoms in total. The number of sulfonamides is 1. The lowest BCUT2D eigenvalue weighted by atomic mass is 10.1. The molecule has 0 bridgehead atoms. The fourth-order valence-electron chi connectivity index (χ4n) is 3.38. The predicted molar refractivity (Wildman–Crippen MR) is 117 cm³/mol. The molecule has 2 aromatic rings. The van der Waals surface area contributed by atoms with Crippen molar-refractivity contribution in [2.24, 2.45) is 0 Å². The SMILES string of the molecule is CC(=O)c1cccc(NC(C)C(=O)Nc2cccc(S(=O)(=O)N3CCCCC3)c2)c1. The molecule has 1 atom stereocenters. The van der Waals surface area contributed by atoms with Crippen LogP contribution in [0.3, 0.4) is 0 Å². The second kappa shape index (κ2) is 9.40. The third kappa shape index (κ3) is 5.25. The fraction of sp³-hybridized carbons (Fsp3) is 0.364. The van der Waals surface area contributed by atoms with E-state index in [0.29, 0.717) is 30.0 Å². The van der Waals surface area contributed by atoms with Crippen LogP contribution in [0.1, 0.15) is 43.5 Å². The van der Waals surface area contributed by atoms with Crippen molar-refractivity contribution in [3.63, 3.8) is 0 Å². The van der Waals surface area contributed by atoms with E-state index in [0.717, 1.165) is 19.3 Å². The first-order valence-corrected chi connectivity index (χ1v) is 11.5. The topological polar surface area (TPSA) is 95.6 Å². The van der Waals surface area contributed by atoms with Crippen molar-refractivity contribution < 1.29 is 18.0 Å². The van der Waals surface area contributed by atoms with Gasteiger partial charge in [0.1, 0.15) is 6.04 Å². The summed E-state index contributed by atoms with van der Waals surface area (Å²) in [7, 11) is -3.57. The van der Waals surface area contributed by atoms with Gasteiger partial charge in [-0.05, 0) is 57.0 Å². The standard InChI is InChI=1S/C22H27N3O4S/c1-16(23-19-9-6-8-18(14-19)17(2)26)22(27)24-20-10-7-11-21(15-20)30(28,29)25-12-4-3-5-13-25/h6-11,14-16,23H,3-5,12-13H2,1-2H3,(H,24,27). The Morgan fingerprint density at radius 2 is 1.63 bits per heavy atom. The summed E-state index contributed by atoms with van der Waals surface area (Å²) >= 11 is 0. The highest BCUT2D eigenvalue weighted by molar-refractivity contribution is 7.89. The van der Waals surface area contributed by atoms with Crippen molar-refractivity contribution >= 4 is 33.1 Å². The van der Waals surface area contributed by atoms with E-state index < -0.39 is 16.1 Å². The second-order valence-electron chi connectivity index (χ2n) is 7.48. The van der Waals surface area contributed by atoms with Crippen molar-refractivity contribution in [1.82, 2.24) is 4.31 Å². The lowest BCUT2D eigenvalue weighted by Gasteiger charge is -2.26. The van der Waals surface area contributed by atoms with E-state index in [9.17, 15) is 18.0 Å². The quantitative estimate of drug-likeness (QED) is 0.657. The summed E-state index contributed by atoms with van der Waals surface area (Å²) in [5.74, 6) is -0.363. The number of hydrogen-bond donors (Lipinski definition) is 2. The molecular formula is C22H27N3O4S. The second-order valence-corrected chi connectivity index (χ2v) is 9.42. The average Bonchev–Trinajstić information content (AvgIpc) is 2.74. The molecule has 1 fully saturated rings. The predicted octanol–water partition coefficient (Wildman–Crippen LogP) is 3.50. The zero-order valence-electron chi connectivity index (χ0n) is 17.2. The minimum Gasteiger partial charge on any atom is -0.374 e. The van der Waals surface area contributed by atoms with Crippen LogP contribution in [0.25, 0.3) is 0 Å². The van der Waals surface area contributed by atoms with E-state index >= 15 is 0 Å². The van der Waals surface area contributed by atoms with E-state index in [1.165, 1.54) is 17.3 Å². The number of nitrogens with one attached hydrogen (secondary N) is 2. The first-order valence-electron chi connectivity index (χ1n) is 10.1. The lowest BCUT2D eigenvalue weighted by Crippen LogP contribution is -2.35. The molecule has 160 valence electrons. The maximum absolute atomic E-state index is 12.9. The number of anilines is 2. The van der Waals surface area contributed by atoms with Crippen LogP contribution in [0, 0.1) is 0 Å². The molecule has 0 saturated carbocycles. The van der Waals surface area contributed by atoms with Gasteiger partial charge < -0.3 is 10.6 Å². The lowest BCUT2D eigenvalue weighted by molar-refractivity contribution is -0.116. The van der Waals surface area contributed by atoms with E-state index in [4.69, 9.17) is 0 Å². The highest BCUT2D eigenvalue weighted by atomic mass is 32.2. The summed E-state index contributed by atoms with van der Waals surface area (Å²) in [6, 6.07) is 12.7. The molecular weight excluding hydrogens is 402 g/mol. The Morgan fingerprint density at radius 1 is 0.967 bits per heavy atom. The zero-order valence-corrected chi connectivity index (χ0v) is 18.0. The van der Waals surface area contributed by atoms with Gasteiger partial charge in [0.15, 0.2) is 5.78 Å². The van der Waals surface area contributed by atoms with Gasteiger partial charge in [0, 0.05) is 30.0 Å². The van der Waals surface area contributed by atoms with E-state index in [1.807, 2.05) is 0 Å². The van der Waals surface area contributed by atoms with Crippen LogP contribution in [-0.4, -0.2) is 43.5 Å². The van der Waals surface area contributed by atoms with Crippen LogP contribution in [0.2, 0.25) is 0 Å². The Balaban J connectivity index is 1.68. The van der Waals surface area contributed by atoms with Gasteiger partial charge >= 0.3 is 0 Å². The monoisotopic (exact) mass is 429 g/mol. The number of rotatable bonds is 7. The number of benzene rings is 2. The number of carbonyl (C=O) groups excluding carboxylic acids is 2. The third-order valence-electron chi connectivity index (χ3n) is 5.10. The number of Topliss-reactive ketones (excluding diaryl/α,β-unsaturated/α-hetero) is 1. The van der Waals surface area contributed by atoms with Crippen LogP contribution in [0.4, 0.5) is 11.4 Å². The molecule has 1 heterocycles. The Morgan fingerprint density at radius 3 is 2.33 bits per heavy atom. The molecule has 0 radical (unpaired) electrons. The van der Waals surface area contributed by atoms with Crippen LogP contribution >= 0.6 is 0 Å². The molecule has 3 rings (SSSR count). The van der Waals surface area contributed by atoms with Crippen molar-refractivity contribution in [3.8, 4) is 0 Å². The zero-order chi connectivity index (χ0) is 21.7. The van der Waals surface area contributed by atoms with Crippen molar-refractivity contribution in [1.29, 1.82) is 0 Å². The summed E-state index contributed by atoms with van der Waals surface area (Å²) in [5.41, 5.74) is 1.64. The largest absolute Gasteiger partial charge is 0.374 e. The summed E-state index contributed by atoms with van der Waals surface area (Å²) in [5, 5.41) is 5.83.